The summed E-state index contributed by atoms with van der Waals surface area (Å²) in [7, 11) is 1.51. The van der Waals surface area contributed by atoms with Gasteiger partial charge in [0.05, 0.1) is 23.9 Å². The molecule has 0 unspecified atom stereocenters. The number of urea groups is 1. The zero-order valence-electron chi connectivity index (χ0n) is 22.0. The normalized spacial score (nSPS) is 14.4. The van der Waals surface area contributed by atoms with Crippen molar-refractivity contribution in [2.24, 2.45) is 0 Å². The zero-order valence-corrected chi connectivity index (χ0v) is 23.5. The van der Waals surface area contributed by atoms with Crippen LogP contribution in [0.5, 0.6) is 17.2 Å². The Kier molecular flexibility index (Phi) is 9.03. The van der Waals surface area contributed by atoms with Gasteiger partial charge in [-0.15, -0.1) is 0 Å². The highest BCUT2D eigenvalue weighted by molar-refractivity contribution is 9.10. The number of imide groups is 2. The second kappa shape index (κ2) is 12.6. The van der Waals surface area contributed by atoms with Gasteiger partial charge in [-0.1, -0.05) is 43.2 Å². The average Bonchev–Trinajstić information content (AvgIpc) is 2.91. The number of ether oxygens (including phenoxy) is 3. The predicted octanol–water partition coefficient (Wildman–Crippen LogP) is 6.19. The Balaban J connectivity index is 1.57. The van der Waals surface area contributed by atoms with Crippen LogP contribution >= 0.6 is 15.9 Å². The van der Waals surface area contributed by atoms with Gasteiger partial charge in [0, 0.05) is 0 Å². The zero-order chi connectivity index (χ0) is 27.9. The summed E-state index contributed by atoms with van der Waals surface area (Å²) in [6.45, 7) is 4.99. The third-order valence-electron chi connectivity index (χ3n) is 5.99. The monoisotopic (exact) mass is 592 g/mol. The van der Waals surface area contributed by atoms with E-state index in [1.807, 2.05) is 31.2 Å². The van der Waals surface area contributed by atoms with Crippen molar-refractivity contribution in [3.63, 3.8) is 0 Å². The summed E-state index contributed by atoms with van der Waals surface area (Å²) in [4.78, 5) is 39.5. The fourth-order valence-corrected chi connectivity index (χ4v) is 4.58. The lowest BCUT2D eigenvalue weighted by molar-refractivity contribution is -0.122. The number of nitrogens with zero attached hydrogens (tertiary/aromatic N) is 1. The number of hydrogen-bond donors (Lipinski definition) is 1. The molecule has 0 radical (unpaired) electrons. The maximum atomic E-state index is 13.3. The van der Waals surface area contributed by atoms with E-state index in [-0.39, 0.29) is 5.57 Å². The number of carbonyl (C=O) groups is 3. The van der Waals surface area contributed by atoms with E-state index in [2.05, 4.69) is 28.2 Å². The third-order valence-corrected chi connectivity index (χ3v) is 6.58. The molecule has 39 heavy (non-hydrogen) atoms. The summed E-state index contributed by atoms with van der Waals surface area (Å²) in [5.41, 5.74) is 2.76. The predicted molar refractivity (Wildman–Crippen MR) is 152 cm³/mol. The van der Waals surface area contributed by atoms with E-state index < -0.39 is 17.8 Å². The molecular weight excluding hydrogens is 564 g/mol. The quantitative estimate of drug-likeness (QED) is 0.171. The number of hydrogen-bond acceptors (Lipinski definition) is 6. The molecule has 0 atom stereocenters. The second-order valence-corrected chi connectivity index (χ2v) is 9.82. The number of methoxy groups -OCH3 is 1. The summed E-state index contributed by atoms with van der Waals surface area (Å²) in [6, 6.07) is 17.1. The Labute approximate surface area is 235 Å². The minimum Gasteiger partial charge on any atom is -0.494 e. The fraction of sp³-hybridized carbons (Fsp3) is 0.233. The van der Waals surface area contributed by atoms with Crippen LogP contribution in [-0.4, -0.2) is 31.6 Å². The molecule has 1 aliphatic heterocycles. The van der Waals surface area contributed by atoms with Crippen LogP contribution in [0.25, 0.3) is 6.08 Å². The van der Waals surface area contributed by atoms with Crippen molar-refractivity contribution >= 4 is 45.5 Å². The highest BCUT2D eigenvalue weighted by atomic mass is 79.9. The molecule has 0 spiro atoms. The lowest BCUT2D eigenvalue weighted by Crippen LogP contribution is -2.54. The number of barbiturate groups is 1. The van der Waals surface area contributed by atoms with Crippen LogP contribution < -0.4 is 24.4 Å². The molecule has 1 heterocycles. The number of halogens is 1. The number of unbranched alkanes of at least 4 members (excludes halogenated alkanes) is 1. The summed E-state index contributed by atoms with van der Waals surface area (Å²) in [6.07, 6.45) is 3.35. The number of nitrogens with one attached hydrogen (secondary N) is 1. The van der Waals surface area contributed by atoms with E-state index in [0.717, 1.165) is 28.9 Å². The summed E-state index contributed by atoms with van der Waals surface area (Å²) < 4.78 is 17.8. The molecule has 4 rings (SSSR count). The van der Waals surface area contributed by atoms with Crippen molar-refractivity contribution in [2.45, 2.75) is 33.3 Å². The Morgan fingerprint density at radius 3 is 2.46 bits per heavy atom. The molecule has 1 saturated heterocycles. The topological polar surface area (TPSA) is 94.2 Å². The molecule has 9 heteroatoms. The number of carbonyl (C=O) groups excluding carboxylic acids is 3. The van der Waals surface area contributed by atoms with Gasteiger partial charge in [0.15, 0.2) is 11.5 Å². The first-order valence-corrected chi connectivity index (χ1v) is 13.3. The number of anilines is 1. The Bertz CT molecular complexity index is 1420. The van der Waals surface area contributed by atoms with Crippen LogP contribution in [0.15, 0.2) is 70.7 Å². The molecular formula is C30H29BrN2O6. The Morgan fingerprint density at radius 2 is 1.77 bits per heavy atom. The highest BCUT2D eigenvalue weighted by Crippen LogP contribution is 2.38. The van der Waals surface area contributed by atoms with Gasteiger partial charge >= 0.3 is 6.03 Å². The summed E-state index contributed by atoms with van der Waals surface area (Å²) >= 11 is 3.51. The van der Waals surface area contributed by atoms with Crippen LogP contribution in [0.3, 0.4) is 0 Å². The molecule has 1 N–H and O–H groups in total. The van der Waals surface area contributed by atoms with Crippen LogP contribution in [0.1, 0.15) is 36.5 Å². The SMILES string of the molecule is CCCCOc1ccc(N2C(=O)NC(=O)/C(=C/c3cc(Br)c(OCc4cccc(C)c4)c(OC)c3)C2=O)cc1. The van der Waals surface area contributed by atoms with E-state index in [9.17, 15) is 14.4 Å². The van der Waals surface area contributed by atoms with Crippen LogP contribution in [-0.2, 0) is 16.2 Å². The van der Waals surface area contributed by atoms with Gasteiger partial charge in [0.25, 0.3) is 11.8 Å². The first-order valence-electron chi connectivity index (χ1n) is 12.5. The number of aryl methyl sites for hydroxylation is 1. The fourth-order valence-electron chi connectivity index (χ4n) is 4.01. The van der Waals surface area contributed by atoms with Gasteiger partial charge in [-0.3, -0.25) is 14.9 Å². The third kappa shape index (κ3) is 6.67. The van der Waals surface area contributed by atoms with Gasteiger partial charge in [0.2, 0.25) is 0 Å². The van der Waals surface area contributed by atoms with Gasteiger partial charge in [-0.2, -0.15) is 0 Å². The molecule has 0 aromatic heterocycles. The van der Waals surface area contributed by atoms with Crippen molar-refractivity contribution in [3.05, 3.63) is 87.4 Å². The van der Waals surface area contributed by atoms with Gasteiger partial charge in [-0.25, -0.2) is 9.69 Å². The van der Waals surface area contributed by atoms with E-state index in [4.69, 9.17) is 14.2 Å². The first-order chi connectivity index (χ1) is 18.8. The molecule has 0 saturated carbocycles. The van der Waals surface area contributed by atoms with Crippen molar-refractivity contribution in [1.29, 1.82) is 0 Å². The lowest BCUT2D eigenvalue weighted by Gasteiger charge is -2.26. The van der Waals surface area contributed by atoms with Crippen LogP contribution in [0.4, 0.5) is 10.5 Å². The Hall–Kier alpha value is -4.11. The van der Waals surface area contributed by atoms with E-state index >= 15 is 0 Å². The number of amides is 4. The van der Waals surface area contributed by atoms with Crippen molar-refractivity contribution < 1.29 is 28.6 Å². The van der Waals surface area contributed by atoms with Gasteiger partial charge < -0.3 is 14.2 Å². The number of benzene rings is 3. The highest BCUT2D eigenvalue weighted by Gasteiger charge is 2.37. The van der Waals surface area contributed by atoms with E-state index in [0.29, 0.717) is 46.2 Å². The molecule has 1 fully saturated rings. The first kappa shape index (κ1) is 27.9. The van der Waals surface area contributed by atoms with Crippen molar-refractivity contribution in [1.82, 2.24) is 5.32 Å². The molecule has 0 aliphatic carbocycles. The van der Waals surface area contributed by atoms with Gasteiger partial charge in [0.1, 0.15) is 17.9 Å². The molecule has 1 aliphatic rings. The van der Waals surface area contributed by atoms with E-state index in [1.165, 1.54) is 13.2 Å². The van der Waals surface area contributed by atoms with Gasteiger partial charge in [-0.05, 0) is 82.9 Å². The van der Waals surface area contributed by atoms with Crippen LogP contribution in [0, 0.1) is 6.92 Å². The molecule has 3 aromatic carbocycles. The maximum Gasteiger partial charge on any atom is 0.335 e. The molecule has 0 bridgehead atoms. The minimum atomic E-state index is -0.819. The van der Waals surface area contributed by atoms with Crippen molar-refractivity contribution in [3.8, 4) is 17.2 Å². The Morgan fingerprint density at radius 1 is 1.00 bits per heavy atom. The smallest absolute Gasteiger partial charge is 0.335 e. The van der Waals surface area contributed by atoms with E-state index in [1.54, 1.807) is 36.4 Å². The summed E-state index contributed by atoms with van der Waals surface area (Å²) in [5.74, 6) is 0.0113. The van der Waals surface area contributed by atoms with Crippen molar-refractivity contribution in [2.75, 3.05) is 18.6 Å². The second-order valence-electron chi connectivity index (χ2n) is 8.97. The maximum absolute atomic E-state index is 13.3. The van der Waals surface area contributed by atoms with Crippen LogP contribution in [0.2, 0.25) is 0 Å². The summed E-state index contributed by atoms with van der Waals surface area (Å²) in [5, 5.41) is 2.24. The standard InChI is InChI=1S/C30H29BrN2O6/c1-4-5-13-38-23-11-9-22(10-12-23)33-29(35)24(28(34)32-30(33)36)15-21-16-25(31)27(26(17-21)37-3)39-18-20-8-6-7-19(2)14-20/h6-12,14-17H,4-5,13,18H2,1-3H3,(H,32,34,36)/b24-15-. The average molecular weight is 593 g/mol. The minimum absolute atomic E-state index is 0.194. The molecule has 8 nitrogen and oxygen atoms in total. The molecule has 4 amide bonds. The molecule has 202 valence electrons. The molecule has 3 aromatic rings. The largest absolute Gasteiger partial charge is 0.494 e. The lowest BCUT2D eigenvalue weighted by atomic mass is 10.1. The number of rotatable bonds is 10.